The number of nitrogens with zero attached hydrogens (tertiary/aromatic N) is 4. The second-order valence-corrected chi connectivity index (χ2v) is 5.80. The number of imidazole rings is 1. The van der Waals surface area contributed by atoms with Crippen LogP contribution in [0.15, 0.2) is 0 Å². The first kappa shape index (κ1) is 13.9. The van der Waals surface area contributed by atoms with Crippen molar-refractivity contribution in [2.75, 3.05) is 19.8 Å². The van der Waals surface area contributed by atoms with E-state index in [0.29, 0.717) is 26.4 Å². The molecule has 20 heavy (non-hydrogen) atoms. The molecule has 2 aromatic rings. The van der Waals surface area contributed by atoms with E-state index >= 15 is 0 Å². The standard InChI is InChI=1S/C13H19ClN4O2/c1-8(14)12-15-11-9(2)16-17(3)13(11)18(12)6-10-7-19-4-5-20-10/h8,10H,4-7H2,1-3H3. The first-order valence-corrected chi connectivity index (χ1v) is 7.24. The van der Waals surface area contributed by atoms with Gasteiger partial charge < -0.3 is 14.0 Å². The summed E-state index contributed by atoms with van der Waals surface area (Å²) in [4.78, 5) is 4.65. The van der Waals surface area contributed by atoms with Crippen LogP contribution < -0.4 is 0 Å². The highest BCUT2D eigenvalue weighted by molar-refractivity contribution is 6.20. The summed E-state index contributed by atoms with van der Waals surface area (Å²) in [5, 5.41) is 4.26. The molecule has 0 bridgehead atoms. The molecule has 0 radical (unpaired) electrons. The number of rotatable bonds is 3. The average molecular weight is 299 g/mol. The molecule has 0 spiro atoms. The first-order chi connectivity index (χ1) is 9.58. The van der Waals surface area contributed by atoms with E-state index in [1.807, 2.05) is 25.6 Å². The summed E-state index contributed by atoms with van der Waals surface area (Å²) in [5.74, 6) is 0.854. The lowest BCUT2D eigenvalue weighted by Crippen LogP contribution is -2.33. The van der Waals surface area contributed by atoms with Gasteiger partial charge in [0.05, 0.1) is 43.5 Å². The highest BCUT2D eigenvalue weighted by Gasteiger charge is 2.24. The minimum absolute atomic E-state index is 0.0329. The van der Waals surface area contributed by atoms with E-state index in [2.05, 4.69) is 14.6 Å². The molecule has 2 atom stereocenters. The number of halogens is 1. The fraction of sp³-hybridized carbons (Fsp3) is 0.692. The molecule has 0 aromatic carbocycles. The van der Waals surface area contributed by atoms with Gasteiger partial charge in [-0.1, -0.05) is 0 Å². The highest BCUT2D eigenvalue weighted by atomic mass is 35.5. The predicted molar refractivity (Wildman–Crippen MR) is 76.1 cm³/mol. The van der Waals surface area contributed by atoms with Crippen LogP contribution in [0.2, 0.25) is 0 Å². The quantitative estimate of drug-likeness (QED) is 0.811. The van der Waals surface area contributed by atoms with Crippen LogP contribution in [-0.2, 0) is 23.1 Å². The zero-order valence-corrected chi connectivity index (χ0v) is 12.7. The topological polar surface area (TPSA) is 54.1 Å². The third kappa shape index (κ3) is 2.32. The van der Waals surface area contributed by atoms with E-state index in [1.54, 1.807) is 0 Å². The molecule has 2 unspecified atom stereocenters. The van der Waals surface area contributed by atoms with Crippen molar-refractivity contribution in [3.63, 3.8) is 0 Å². The average Bonchev–Trinajstić information content (AvgIpc) is 2.91. The molecule has 1 saturated heterocycles. The molecule has 1 aliphatic heterocycles. The van der Waals surface area contributed by atoms with Crippen molar-refractivity contribution >= 4 is 22.8 Å². The van der Waals surface area contributed by atoms with Crippen LogP contribution >= 0.6 is 11.6 Å². The van der Waals surface area contributed by atoms with Crippen molar-refractivity contribution in [3.8, 4) is 0 Å². The van der Waals surface area contributed by atoms with Gasteiger partial charge in [0.25, 0.3) is 0 Å². The predicted octanol–water partition coefficient (Wildman–Crippen LogP) is 1.79. The Morgan fingerprint density at radius 3 is 2.90 bits per heavy atom. The zero-order valence-electron chi connectivity index (χ0n) is 12.0. The van der Waals surface area contributed by atoms with Gasteiger partial charge in [-0.15, -0.1) is 11.6 Å². The minimum Gasteiger partial charge on any atom is -0.376 e. The molecule has 7 heteroatoms. The second-order valence-electron chi connectivity index (χ2n) is 5.15. The number of aryl methyl sites for hydroxylation is 2. The number of alkyl halides is 1. The molecular formula is C13H19ClN4O2. The van der Waals surface area contributed by atoms with E-state index < -0.39 is 0 Å². The fourth-order valence-electron chi connectivity index (χ4n) is 2.68. The summed E-state index contributed by atoms with van der Waals surface area (Å²) in [6.45, 7) is 6.48. The van der Waals surface area contributed by atoms with E-state index in [-0.39, 0.29) is 11.5 Å². The van der Waals surface area contributed by atoms with Gasteiger partial charge in [-0.05, 0) is 13.8 Å². The summed E-state index contributed by atoms with van der Waals surface area (Å²) in [7, 11) is 1.93. The van der Waals surface area contributed by atoms with E-state index in [4.69, 9.17) is 21.1 Å². The van der Waals surface area contributed by atoms with Crippen molar-refractivity contribution in [2.24, 2.45) is 7.05 Å². The number of hydrogen-bond acceptors (Lipinski definition) is 4. The molecule has 1 aliphatic rings. The smallest absolute Gasteiger partial charge is 0.158 e. The minimum atomic E-state index is -0.161. The Kier molecular flexibility index (Phi) is 3.70. The monoisotopic (exact) mass is 298 g/mol. The lowest BCUT2D eigenvalue weighted by molar-refractivity contribution is -0.0935. The molecular weight excluding hydrogens is 280 g/mol. The molecule has 110 valence electrons. The van der Waals surface area contributed by atoms with Crippen LogP contribution in [0.3, 0.4) is 0 Å². The molecule has 3 heterocycles. The van der Waals surface area contributed by atoms with Gasteiger partial charge in [-0.2, -0.15) is 5.10 Å². The summed E-state index contributed by atoms with van der Waals surface area (Å²) < 4.78 is 15.2. The zero-order chi connectivity index (χ0) is 14.3. The van der Waals surface area contributed by atoms with E-state index in [1.165, 1.54) is 0 Å². The maximum atomic E-state index is 6.27. The first-order valence-electron chi connectivity index (χ1n) is 6.81. The highest BCUT2D eigenvalue weighted by Crippen LogP contribution is 2.26. The van der Waals surface area contributed by atoms with Gasteiger partial charge in [-0.25, -0.2) is 4.98 Å². The summed E-state index contributed by atoms with van der Waals surface area (Å²) in [6.07, 6.45) is 0.0329. The summed E-state index contributed by atoms with van der Waals surface area (Å²) >= 11 is 6.27. The van der Waals surface area contributed by atoms with E-state index in [9.17, 15) is 0 Å². The fourth-order valence-corrected chi connectivity index (χ4v) is 2.85. The van der Waals surface area contributed by atoms with Gasteiger partial charge in [0.2, 0.25) is 0 Å². The lowest BCUT2D eigenvalue weighted by Gasteiger charge is -2.24. The van der Waals surface area contributed by atoms with Crippen LogP contribution in [0, 0.1) is 6.92 Å². The Labute approximate surface area is 122 Å². The van der Waals surface area contributed by atoms with Crippen LogP contribution in [0.1, 0.15) is 23.8 Å². The van der Waals surface area contributed by atoms with Gasteiger partial charge in [-0.3, -0.25) is 4.68 Å². The maximum absolute atomic E-state index is 6.27. The Morgan fingerprint density at radius 1 is 1.45 bits per heavy atom. The number of aromatic nitrogens is 4. The van der Waals surface area contributed by atoms with Crippen LogP contribution in [0.25, 0.3) is 11.2 Å². The SMILES string of the molecule is Cc1nn(C)c2c1nc(C(C)Cl)n2CC1COCCO1. The maximum Gasteiger partial charge on any atom is 0.158 e. The second kappa shape index (κ2) is 5.35. The Bertz CT molecular complexity index is 613. The molecule has 0 aliphatic carbocycles. The molecule has 2 aromatic heterocycles. The third-order valence-electron chi connectivity index (χ3n) is 3.55. The van der Waals surface area contributed by atoms with Gasteiger partial charge in [0, 0.05) is 7.05 Å². The molecule has 1 fully saturated rings. The molecule has 6 nitrogen and oxygen atoms in total. The Balaban J connectivity index is 2.03. The number of fused-ring (bicyclic) bond motifs is 1. The van der Waals surface area contributed by atoms with Gasteiger partial charge >= 0.3 is 0 Å². The summed E-state index contributed by atoms with van der Waals surface area (Å²) in [5.41, 5.74) is 2.81. The molecule has 0 amide bonds. The van der Waals surface area contributed by atoms with Crippen molar-refractivity contribution < 1.29 is 9.47 Å². The van der Waals surface area contributed by atoms with Crippen molar-refractivity contribution in [3.05, 3.63) is 11.5 Å². The summed E-state index contributed by atoms with van der Waals surface area (Å²) in [6, 6.07) is 0. The van der Waals surface area contributed by atoms with Gasteiger partial charge in [0.1, 0.15) is 11.3 Å². The third-order valence-corrected chi connectivity index (χ3v) is 3.74. The largest absolute Gasteiger partial charge is 0.376 e. The molecule has 0 N–H and O–H groups in total. The van der Waals surface area contributed by atoms with Crippen LogP contribution in [0.5, 0.6) is 0 Å². The Hall–Kier alpha value is -1.11. The van der Waals surface area contributed by atoms with Gasteiger partial charge in [0.15, 0.2) is 5.65 Å². The lowest BCUT2D eigenvalue weighted by atomic mass is 10.3. The number of hydrogen-bond donors (Lipinski definition) is 0. The van der Waals surface area contributed by atoms with Crippen molar-refractivity contribution in [1.82, 2.24) is 19.3 Å². The van der Waals surface area contributed by atoms with E-state index in [0.717, 1.165) is 22.7 Å². The van der Waals surface area contributed by atoms with Crippen LogP contribution in [-0.4, -0.2) is 45.3 Å². The molecule has 3 rings (SSSR count). The van der Waals surface area contributed by atoms with Crippen molar-refractivity contribution in [1.29, 1.82) is 0 Å². The number of ether oxygens (including phenoxy) is 2. The van der Waals surface area contributed by atoms with Crippen LogP contribution in [0.4, 0.5) is 0 Å². The normalized spacial score (nSPS) is 21.5. The Morgan fingerprint density at radius 2 is 2.25 bits per heavy atom. The molecule has 0 saturated carbocycles. The van der Waals surface area contributed by atoms with Crippen molar-refractivity contribution in [2.45, 2.75) is 31.9 Å².